The molecule has 0 radical (unpaired) electrons. The van der Waals surface area contributed by atoms with Crippen LogP contribution in [0.4, 0.5) is 11.4 Å². The van der Waals surface area contributed by atoms with E-state index in [1.54, 1.807) is 30.3 Å². The Labute approximate surface area is 123 Å². The Morgan fingerprint density at radius 1 is 1.24 bits per heavy atom. The van der Waals surface area contributed by atoms with E-state index in [4.69, 9.17) is 5.73 Å². The standard InChI is InChI=1S/C17H18N2O2/c1-2-12-5-9-16(20)15(11-12)19-17(21)10-6-13-3-7-14(18)8-4-13/h3-11,20H,2,18H2,1H3,(H,19,21)/b10-6+. The maximum absolute atomic E-state index is 11.9. The first-order valence-electron chi connectivity index (χ1n) is 6.75. The summed E-state index contributed by atoms with van der Waals surface area (Å²) in [7, 11) is 0. The minimum atomic E-state index is -0.296. The number of carbonyl (C=O) groups excluding carboxylic acids is 1. The summed E-state index contributed by atoms with van der Waals surface area (Å²) in [6.45, 7) is 2.01. The van der Waals surface area contributed by atoms with Crippen LogP contribution in [0.3, 0.4) is 0 Å². The predicted molar refractivity (Wildman–Crippen MR) is 86.0 cm³/mol. The number of phenolic OH excluding ortho intramolecular Hbond substituents is 1. The van der Waals surface area contributed by atoms with Gasteiger partial charge in [-0.1, -0.05) is 25.1 Å². The van der Waals surface area contributed by atoms with Crippen molar-refractivity contribution in [2.75, 3.05) is 11.1 Å². The Balaban J connectivity index is 2.06. The lowest BCUT2D eigenvalue weighted by atomic mass is 10.1. The normalized spacial score (nSPS) is 10.7. The molecule has 1 amide bonds. The molecule has 108 valence electrons. The summed E-state index contributed by atoms with van der Waals surface area (Å²) in [4.78, 5) is 11.9. The van der Waals surface area contributed by atoms with Gasteiger partial charge in [0.2, 0.25) is 5.91 Å². The summed E-state index contributed by atoms with van der Waals surface area (Å²) < 4.78 is 0. The van der Waals surface area contributed by atoms with Gasteiger partial charge in [-0.05, 0) is 47.9 Å². The zero-order chi connectivity index (χ0) is 15.2. The van der Waals surface area contributed by atoms with Gasteiger partial charge in [0, 0.05) is 11.8 Å². The van der Waals surface area contributed by atoms with Gasteiger partial charge in [-0.3, -0.25) is 4.79 Å². The van der Waals surface area contributed by atoms with Crippen molar-refractivity contribution in [2.45, 2.75) is 13.3 Å². The van der Waals surface area contributed by atoms with E-state index in [9.17, 15) is 9.90 Å². The molecule has 0 saturated carbocycles. The number of nitrogens with two attached hydrogens (primary N) is 1. The van der Waals surface area contributed by atoms with E-state index in [0.29, 0.717) is 11.4 Å². The molecule has 0 aliphatic carbocycles. The Bertz CT molecular complexity index is 661. The van der Waals surface area contributed by atoms with Crippen LogP contribution in [0.5, 0.6) is 5.75 Å². The third-order valence-electron chi connectivity index (χ3n) is 3.09. The molecule has 0 heterocycles. The highest BCUT2D eigenvalue weighted by atomic mass is 16.3. The van der Waals surface area contributed by atoms with Gasteiger partial charge in [0.1, 0.15) is 5.75 Å². The first-order valence-corrected chi connectivity index (χ1v) is 6.75. The van der Waals surface area contributed by atoms with Crippen molar-refractivity contribution in [3.8, 4) is 5.75 Å². The zero-order valence-electron chi connectivity index (χ0n) is 11.8. The molecule has 4 N–H and O–H groups in total. The van der Waals surface area contributed by atoms with Crippen molar-refractivity contribution < 1.29 is 9.90 Å². The molecule has 0 aliphatic heterocycles. The van der Waals surface area contributed by atoms with E-state index < -0.39 is 0 Å². The van der Waals surface area contributed by atoms with Crippen molar-refractivity contribution in [1.82, 2.24) is 0 Å². The van der Waals surface area contributed by atoms with E-state index in [2.05, 4.69) is 5.32 Å². The number of aromatic hydroxyl groups is 1. The second-order valence-electron chi connectivity index (χ2n) is 4.69. The van der Waals surface area contributed by atoms with Crippen molar-refractivity contribution >= 4 is 23.4 Å². The van der Waals surface area contributed by atoms with Crippen LogP contribution in [0.2, 0.25) is 0 Å². The van der Waals surface area contributed by atoms with Gasteiger partial charge in [-0.15, -0.1) is 0 Å². The number of nitrogen functional groups attached to an aromatic ring is 1. The topological polar surface area (TPSA) is 75.3 Å². The lowest BCUT2D eigenvalue weighted by Gasteiger charge is -2.07. The maximum atomic E-state index is 11.9. The summed E-state index contributed by atoms with van der Waals surface area (Å²) in [6.07, 6.45) is 3.95. The van der Waals surface area contributed by atoms with Crippen LogP contribution in [0.15, 0.2) is 48.5 Å². The number of amides is 1. The third-order valence-corrected chi connectivity index (χ3v) is 3.09. The van der Waals surface area contributed by atoms with E-state index >= 15 is 0 Å². The monoisotopic (exact) mass is 282 g/mol. The van der Waals surface area contributed by atoms with Crippen LogP contribution in [0.25, 0.3) is 6.08 Å². The fourth-order valence-electron chi connectivity index (χ4n) is 1.86. The summed E-state index contributed by atoms with van der Waals surface area (Å²) in [5, 5.41) is 12.4. The number of aryl methyl sites for hydroxylation is 1. The quantitative estimate of drug-likeness (QED) is 0.458. The van der Waals surface area contributed by atoms with E-state index in [1.165, 1.54) is 6.08 Å². The first kappa shape index (κ1) is 14.7. The van der Waals surface area contributed by atoms with Crippen LogP contribution in [0, 0.1) is 0 Å². The average molecular weight is 282 g/mol. The maximum Gasteiger partial charge on any atom is 0.248 e. The van der Waals surface area contributed by atoms with Crippen LogP contribution < -0.4 is 11.1 Å². The number of rotatable bonds is 4. The van der Waals surface area contributed by atoms with E-state index in [-0.39, 0.29) is 11.7 Å². The minimum absolute atomic E-state index is 0.0569. The van der Waals surface area contributed by atoms with Gasteiger partial charge in [-0.25, -0.2) is 0 Å². The second kappa shape index (κ2) is 6.61. The number of phenols is 1. The van der Waals surface area contributed by atoms with E-state index in [1.807, 2.05) is 25.1 Å². The van der Waals surface area contributed by atoms with Gasteiger partial charge in [-0.2, -0.15) is 0 Å². The van der Waals surface area contributed by atoms with Gasteiger partial charge in [0.25, 0.3) is 0 Å². The molecule has 2 rings (SSSR count). The lowest BCUT2D eigenvalue weighted by molar-refractivity contribution is -0.111. The SMILES string of the molecule is CCc1ccc(O)c(NC(=O)/C=C/c2ccc(N)cc2)c1. The molecule has 0 bridgehead atoms. The van der Waals surface area contributed by atoms with Gasteiger partial charge < -0.3 is 16.2 Å². The number of nitrogens with one attached hydrogen (secondary N) is 1. The molecule has 0 fully saturated rings. The number of benzene rings is 2. The van der Waals surface area contributed by atoms with E-state index in [0.717, 1.165) is 17.5 Å². The fourth-order valence-corrected chi connectivity index (χ4v) is 1.86. The Morgan fingerprint density at radius 2 is 1.95 bits per heavy atom. The Hall–Kier alpha value is -2.75. The Kier molecular flexibility index (Phi) is 4.61. The van der Waals surface area contributed by atoms with Crippen molar-refractivity contribution in [3.63, 3.8) is 0 Å². The molecule has 4 nitrogen and oxygen atoms in total. The minimum Gasteiger partial charge on any atom is -0.506 e. The molecular formula is C17H18N2O2. The molecule has 0 aromatic heterocycles. The predicted octanol–water partition coefficient (Wildman–Crippen LogP) is 3.19. The van der Waals surface area contributed by atoms with Crippen molar-refractivity contribution in [2.24, 2.45) is 0 Å². The zero-order valence-corrected chi connectivity index (χ0v) is 11.8. The second-order valence-corrected chi connectivity index (χ2v) is 4.69. The molecule has 0 saturated heterocycles. The summed E-state index contributed by atoms with van der Waals surface area (Å²) in [5.41, 5.74) is 8.62. The van der Waals surface area contributed by atoms with Gasteiger partial charge >= 0.3 is 0 Å². The number of carbonyl (C=O) groups is 1. The molecule has 0 aliphatic rings. The number of anilines is 2. The number of hydrogen-bond acceptors (Lipinski definition) is 3. The largest absolute Gasteiger partial charge is 0.506 e. The molecule has 0 unspecified atom stereocenters. The van der Waals surface area contributed by atoms with Crippen molar-refractivity contribution in [1.29, 1.82) is 0 Å². The van der Waals surface area contributed by atoms with Crippen LogP contribution >= 0.6 is 0 Å². The van der Waals surface area contributed by atoms with Crippen LogP contribution in [-0.2, 0) is 11.2 Å². The van der Waals surface area contributed by atoms with Gasteiger partial charge in [0.15, 0.2) is 0 Å². The highest BCUT2D eigenvalue weighted by Gasteiger charge is 2.04. The summed E-state index contributed by atoms with van der Waals surface area (Å²) >= 11 is 0. The first-order chi connectivity index (χ1) is 10.1. The molecule has 4 heteroatoms. The van der Waals surface area contributed by atoms with Crippen LogP contribution in [-0.4, -0.2) is 11.0 Å². The molecule has 21 heavy (non-hydrogen) atoms. The smallest absolute Gasteiger partial charge is 0.248 e. The summed E-state index contributed by atoms with van der Waals surface area (Å²) in [5.74, 6) is -0.239. The molecule has 2 aromatic carbocycles. The Morgan fingerprint density at radius 3 is 2.62 bits per heavy atom. The molecule has 0 spiro atoms. The molecule has 2 aromatic rings. The molecule has 0 atom stereocenters. The molecular weight excluding hydrogens is 264 g/mol. The highest BCUT2D eigenvalue weighted by molar-refractivity contribution is 6.02. The van der Waals surface area contributed by atoms with Crippen molar-refractivity contribution in [3.05, 3.63) is 59.7 Å². The summed E-state index contributed by atoms with van der Waals surface area (Å²) in [6, 6.07) is 12.4. The lowest BCUT2D eigenvalue weighted by Crippen LogP contribution is -2.08. The average Bonchev–Trinajstić information content (AvgIpc) is 2.49. The fraction of sp³-hybridized carbons (Fsp3) is 0.118. The van der Waals surface area contributed by atoms with Crippen LogP contribution in [0.1, 0.15) is 18.1 Å². The highest BCUT2D eigenvalue weighted by Crippen LogP contribution is 2.24. The van der Waals surface area contributed by atoms with Gasteiger partial charge in [0.05, 0.1) is 5.69 Å². The number of hydrogen-bond donors (Lipinski definition) is 3. The third kappa shape index (κ3) is 4.11.